The smallest absolute Gasteiger partial charge is 0.119 e. The van der Waals surface area contributed by atoms with Crippen LogP contribution in [0.4, 0.5) is 0 Å². The van der Waals surface area contributed by atoms with E-state index in [1.165, 1.54) is 6.42 Å². The molecule has 3 rings (SSSR count). The largest absolute Gasteiger partial charge is 0.491 e. The zero-order chi connectivity index (χ0) is 17.8. The number of nitrogens with zero attached hydrogens (tertiary/aromatic N) is 2. The van der Waals surface area contributed by atoms with E-state index < -0.39 is 6.10 Å². The number of nitriles is 1. The van der Waals surface area contributed by atoms with Crippen LogP contribution < -0.4 is 4.74 Å². The van der Waals surface area contributed by atoms with Gasteiger partial charge in [-0.1, -0.05) is 6.92 Å². The van der Waals surface area contributed by atoms with Crippen LogP contribution in [0.1, 0.15) is 36.3 Å². The third kappa shape index (κ3) is 4.85. The predicted molar refractivity (Wildman–Crippen MR) is 94.2 cm³/mol. The molecule has 5 nitrogen and oxygen atoms in total. The van der Waals surface area contributed by atoms with E-state index in [1.54, 1.807) is 24.3 Å². The predicted octanol–water partition coefficient (Wildman–Crippen LogP) is 3.15. The molecule has 5 heteroatoms. The molecule has 1 aromatic heterocycles. The van der Waals surface area contributed by atoms with Gasteiger partial charge in [0.2, 0.25) is 0 Å². The molecular formula is C20H24N2O3. The standard InChI is InChI=1S/C20H24N2O3/c1-14-9-19(14)20-8-7-18(25-20)12-22(2)11-16(23)13-24-17-5-3-15(10-21)4-6-17/h3-8,14,16,19,23H,9,11-13H2,1-2H3/t14-,16+,19-/m1/s1. The molecule has 0 radical (unpaired) electrons. The van der Waals surface area contributed by atoms with Gasteiger partial charge in [-0.25, -0.2) is 0 Å². The lowest BCUT2D eigenvalue weighted by Crippen LogP contribution is -2.32. The average Bonchev–Trinajstić information content (AvgIpc) is 3.15. The van der Waals surface area contributed by atoms with Crippen LogP contribution >= 0.6 is 0 Å². The van der Waals surface area contributed by atoms with E-state index in [1.807, 2.05) is 18.0 Å². The molecular weight excluding hydrogens is 316 g/mol. The summed E-state index contributed by atoms with van der Waals surface area (Å²) in [5.41, 5.74) is 0.589. The Balaban J connectivity index is 1.41. The molecule has 1 heterocycles. The number of likely N-dealkylation sites (N-methyl/N-ethyl adjacent to an activating group) is 1. The van der Waals surface area contributed by atoms with Crippen molar-refractivity contribution in [2.45, 2.75) is 31.9 Å². The molecule has 132 valence electrons. The van der Waals surface area contributed by atoms with Gasteiger partial charge in [0, 0.05) is 12.5 Å². The van der Waals surface area contributed by atoms with E-state index in [0.717, 1.165) is 17.4 Å². The molecule has 0 saturated heterocycles. The molecule has 3 atom stereocenters. The Kier molecular flexibility index (Phi) is 5.42. The Hall–Kier alpha value is -2.29. The number of benzene rings is 1. The highest BCUT2D eigenvalue weighted by atomic mass is 16.5. The van der Waals surface area contributed by atoms with Crippen molar-refractivity contribution < 1.29 is 14.3 Å². The maximum atomic E-state index is 10.1. The van der Waals surface area contributed by atoms with Gasteiger partial charge in [0.1, 0.15) is 30.0 Å². The maximum absolute atomic E-state index is 10.1. The van der Waals surface area contributed by atoms with Crippen LogP contribution in [0.2, 0.25) is 0 Å². The minimum Gasteiger partial charge on any atom is -0.491 e. The normalized spacial score (nSPS) is 20.3. The monoisotopic (exact) mass is 340 g/mol. The molecule has 0 amide bonds. The van der Waals surface area contributed by atoms with Crippen LogP contribution in [0.5, 0.6) is 5.75 Å². The van der Waals surface area contributed by atoms with Crippen molar-refractivity contribution in [2.24, 2.45) is 5.92 Å². The minimum absolute atomic E-state index is 0.208. The Morgan fingerprint density at radius 1 is 1.32 bits per heavy atom. The van der Waals surface area contributed by atoms with Crippen molar-refractivity contribution in [1.29, 1.82) is 5.26 Å². The summed E-state index contributed by atoms with van der Waals surface area (Å²) in [5.74, 6) is 3.98. The SMILES string of the molecule is C[C@@H]1C[C@H]1c1ccc(CN(C)C[C@H](O)COc2ccc(C#N)cc2)o1. The number of aliphatic hydroxyl groups is 1. The molecule has 2 aromatic rings. The van der Waals surface area contributed by atoms with E-state index in [4.69, 9.17) is 14.4 Å². The summed E-state index contributed by atoms with van der Waals surface area (Å²) in [6, 6.07) is 13.0. The Bertz CT molecular complexity index is 732. The zero-order valence-corrected chi connectivity index (χ0v) is 14.7. The summed E-state index contributed by atoms with van der Waals surface area (Å²) in [6.07, 6.45) is 0.618. The number of hydrogen-bond donors (Lipinski definition) is 1. The molecule has 0 aliphatic heterocycles. The van der Waals surface area contributed by atoms with Crippen LogP contribution in [-0.2, 0) is 6.54 Å². The first-order valence-corrected chi connectivity index (χ1v) is 8.63. The van der Waals surface area contributed by atoms with Crippen LogP contribution in [0.25, 0.3) is 0 Å². The van der Waals surface area contributed by atoms with Gasteiger partial charge in [0.05, 0.1) is 18.2 Å². The van der Waals surface area contributed by atoms with Crippen molar-refractivity contribution in [2.75, 3.05) is 20.2 Å². The third-order valence-electron chi connectivity index (χ3n) is 4.53. The summed E-state index contributed by atoms with van der Waals surface area (Å²) in [5, 5.41) is 18.9. The first-order chi connectivity index (χ1) is 12.0. The highest BCUT2D eigenvalue weighted by Gasteiger charge is 2.36. The summed E-state index contributed by atoms with van der Waals surface area (Å²) < 4.78 is 11.5. The molecule has 25 heavy (non-hydrogen) atoms. The molecule has 1 aliphatic carbocycles. The van der Waals surface area contributed by atoms with Crippen molar-refractivity contribution in [3.63, 3.8) is 0 Å². The minimum atomic E-state index is -0.599. The van der Waals surface area contributed by atoms with Gasteiger partial charge in [0.25, 0.3) is 0 Å². The molecule has 1 aromatic carbocycles. The van der Waals surface area contributed by atoms with Gasteiger partial charge in [-0.05, 0) is 55.8 Å². The van der Waals surface area contributed by atoms with Crippen molar-refractivity contribution in [1.82, 2.24) is 4.90 Å². The Morgan fingerprint density at radius 2 is 2.04 bits per heavy atom. The fourth-order valence-corrected chi connectivity index (χ4v) is 2.96. The molecule has 1 N–H and O–H groups in total. The first-order valence-electron chi connectivity index (χ1n) is 8.63. The van der Waals surface area contributed by atoms with Crippen LogP contribution in [0.15, 0.2) is 40.8 Å². The number of aliphatic hydroxyl groups excluding tert-OH is 1. The summed E-state index contributed by atoms with van der Waals surface area (Å²) in [6.45, 7) is 3.60. The number of furan rings is 1. The lowest BCUT2D eigenvalue weighted by molar-refractivity contribution is 0.0724. The quantitative estimate of drug-likeness (QED) is 0.799. The van der Waals surface area contributed by atoms with E-state index in [-0.39, 0.29) is 6.61 Å². The molecule has 0 bridgehead atoms. The Morgan fingerprint density at radius 3 is 2.68 bits per heavy atom. The van der Waals surface area contributed by atoms with Crippen molar-refractivity contribution in [3.05, 3.63) is 53.5 Å². The van der Waals surface area contributed by atoms with Gasteiger partial charge in [-0.2, -0.15) is 5.26 Å². The fraction of sp³-hybridized carbons (Fsp3) is 0.450. The lowest BCUT2D eigenvalue weighted by atomic mass is 10.2. The number of hydrogen-bond acceptors (Lipinski definition) is 5. The van der Waals surface area contributed by atoms with Crippen molar-refractivity contribution in [3.8, 4) is 11.8 Å². The van der Waals surface area contributed by atoms with E-state index in [2.05, 4.69) is 19.1 Å². The summed E-state index contributed by atoms with van der Waals surface area (Å²) in [7, 11) is 1.95. The van der Waals surface area contributed by atoms with Gasteiger partial charge < -0.3 is 14.3 Å². The molecule has 1 fully saturated rings. The van der Waals surface area contributed by atoms with Crippen LogP contribution in [0.3, 0.4) is 0 Å². The highest BCUT2D eigenvalue weighted by molar-refractivity contribution is 5.34. The van der Waals surface area contributed by atoms with E-state index >= 15 is 0 Å². The van der Waals surface area contributed by atoms with Gasteiger partial charge >= 0.3 is 0 Å². The van der Waals surface area contributed by atoms with E-state index in [9.17, 15) is 5.11 Å². The lowest BCUT2D eigenvalue weighted by Gasteiger charge is -2.19. The second kappa shape index (κ2) is 7.73. The van der Waals surface area contributed by atoms with Crippen LogP contribution in [-0.4, -0.2) is 36.3 Å². The summed E-state index contributed by atoms with van der Waals surface area (Å²) in [4.78, 5) is 2.02. The van der Waals surface area contributed by atoms with Gasteiger partial charge in [-0.3, -0.25) is 4.90 Å². The molecule has 0 unspecified atom stereocenters. The highest BCUT2D eigenvalue weighted by Crippen LogP contribution is 2.47. The van der Waals surface area contributed by atoms with Gasteiger partial charge in [0.15, 0.2) is 0 Å². The fourth-order valence-electron chi connectivity index (χ4n) is 2.96. The third-order valence-corrected chi connectivity index (χ3v) is 4.53. The zero-order valence-electron chi connectivity index (χ0n) is 14.7. The number of ether oxygens (including phenoxy) is 1. The summed E-state index contributed by atoms with van der Waals surface area (Å²) >= 11 is 0. The van der Waals surface area contributed by atoms with Crippen LogP contribution in [0, 0.1) is 17.2 Å². The van der Waals surface area contributed by atoms with E-state index in [0.29, 0.717) is 30.3 Å². The van der Waals surface area contributed by atoms with Crippen molar-refractivity contribution >= 4 is 0 Å². The molecule has 1 saturated carbocycles. The molecule has 1 aliphatic rings. The molecule has 0 spiro atoms. The second-order valence-electron chi connectivity index (χ2n) is 6.92. The topological polar surface area (TPSA) is 69.6 Å². The average molecular weight is 340 g/mol. The van der Waals surface area contributed by atoms with Gasteiger partial charge in [-0.15, -0.1) is 0 Å². The maximum Gasteiger partial charge on any atom is 0.119 e. The number of rotatable bonds is 8. The second-order valence-corrected chi connectivity index (χ2v) is 6.92. The Labute approximate surface area is 148 Å². The first kappa shape index (κ1) is 17.5.